The molecule has 10 heteroatoms. The van der Waals surface area contributed by atoms with Gasteiger partial charge in [-0.05, 0) is 55.7 Å². The van der Waals surface area contributed by atoms with E-state index in [1.807, 2.05) is 80.5 Å². The molecule has 2 aliphatic rings. The largest absolute Gasteiger partial charge is 0.508 e. The molecule has 9 nitrogen and oxygen atoms in total. The first-order valence-electron chi connectivity index (χ1n) is 13.8. The van der Waals surface area contributed by atoms with Gasteiger partial charge in [0.05, 0.1) is 11.9 Å². The maximum absolute atomic E-state index is 13.8. The van der Waals surface area contributed by atoms with Crippen LogP contribution in [0.3, 0.4) is 0 Å². The fraction of sp³-hybridized carbons (Fsp3) is 0.344. The summed E-state index contributed by atoms with van der Waals surface area (Å²) in [5, 5.41) is 24.3. The van der Waals surface area contributed by atoms with Gasteiger partial charge in [0.2, 0.25) is 5.91 Å². The van der Waals surface area contributed by atoms with E-state index in [1.165, 1.54) is 22.7 Å². The van der Waals surface area contributed by atoms with Gasteiger partial charge in [-0.25, -0.2) is 0 Å². The minimum Gasteiger partial charge on any atom is -0.508 e. The van der Waals surface area contributed by atoms with E-state index < -0.39 is 34.9 Å². The molecule has 3 N–H and O–H groups in total. The highest BCUT2D eigenvalue weighted by Crippen LogP contribution is 2.51. The average molecular weight is 589 g/mol. The minimum absolute atomic E-state index is 0.0197. The van der Waals surface area contributed by atoms with Crippen molar-refractivity contribution in [1.29, 1.82) is 0 Å². The zero-order valence-electron chi connectivity index (χ0n) is 24.2. The van der Waals surface area contributed by atoms with E-state index in [9.17, 15) is 24.6 Å². The summed E-state index contributed by atoms with van der Waals surface area (Å²) in [4.78, 5) is 45.1. The number of aliphatic hydroxyl groups is 1. The Balaban J connectivity index is 1.34. The van der Waals surface area contributed by atoms with Crippen molar-refractivity contribution in [3.63, 3.8) is 0 Å². The summed E-state index contributed by atoms with van der Waals surface area (Å²) in [5.41, 5.74) is 3.51. The van der Waals surface area contributed by atoms with Crippen molar-refractivity contribution in [1.82, 2.24) is 15.1 Å². The monoisotopic (exact) mass is 588 g/mol. The molecule has 2 aliphatic heterocycles. The Hall–Kier alpha value is -4.02. The summed E-state index contributed by atoms with van der Waals surface area (Å²) in [6.45, 7) is 4.00. The van der Waals surface area contributed by atoms with Crippen LogP contribution in [-0.2, 0) is 22.6 Å². The zero-order valence-corrected chi connectivity index (χ0v) is 25.0. The Morgan fingerprint density at radius 1 is 1.07 bits per heavy atom. The number of amides is 3. The molecule has 0 bridgehead atoms. The number of hydrogen-bond donors (Lipinski definition) is 3. The van der Waals surface area contributed by atoms with Gasteiger partial charge >= 0.3 is 0 Å². The highest BCUT2D eigenvalue weighted by atomic mass is 32.2. The van der Waals surface area contributed by atoms with Crippen LogP contribution in [0.2, 0.25) is 0 Å². The van der Waals surface area contributed by atoms with Gasteiger partial charge in [0.25, 0.3) is 11.8 Å². The van der Waals surface area contributed by atoms with Crippen molar-refractivity contribution in [2.45, 2.75) is 49.9 Å². The molecule has 220 valence electrons. The predicted octanol–water partition coefficient (Wildman–Crippen LogP) is 3.13. The molecule has 5 rings (SSSR count). The van der Waals surface area contributed by atoms with Crippen molar-refractivity contribution in [2.24, 2.45) is 0 Å². The van der Waals surface area contributed by atoms with Crippen molar-refractivity contribution in [3.8, 4) is 5.75 Å². The quantitative estimate of drug-likeness (QED) is 0.329. The molecule has 0 radical (unpaired) electrons. The van der Waals surface area contributed by atoms with E-state index >= 15 is 0 Å². The second-order valence-corrected chi connectivity index (χ2v) is 12.6. The number of fused-ring (bicyclic) bond motifs is 1. The number of phenolic OH excluding ortho intramolecular Hbond substituents is 1. The van der Waals surface area contributed by atoms with Gasteiger partial charge in [0, 0.05) is 37.5 Å². The summed E-state index contributed by atoms with van der Waals surface area (Å²) in [7, 11) is 3.93. The third-order valence-electron chi connectivity index (χ3n) is 8.20. The van der Waals surface area contributed by atoms with Crippen LogP contribution in [0.1, 0.15) is 34.0 Å². The number of rotatable bonds is 9. The topological polar surface area (TPSA) is 113 Å². The van der Waals surface area contributed by atoms with Gasteiger partial charge in [-0.15, -0.1) is 11.8 Å². The lowest BCUT2D eigenvalue weighted by atomic mass is 9.92. The Morgan fingerprint density at radius 3 is 2.48 bits per heavy atom. The summed E-state index contributed by atoms with van der Waals surface area (Å²) in [5.74, 6) is -1.06. The van der Waals surface area contributed by atoms with Gasteiger partial charge < -0.3 is 30.2 Å². The Morgan fingerprint density at radius 2 is 1.76 bits per heavy atom. The second kappa shape index (κ2) is 11.7. The summed E-state index contributed by atoms with van der Waals surface area (Å²) in [6.07, 6.45) is -1.39. The molecule has 3 aromatic carbocycles. The Kier molecular flexibility index (Phi) is 8.21. The Labute approximate surface area is 250 Å². The van der Waals surface area contributed by atoms with E-state index in [0.29, 0.717) is 12.1 Å². The Bertz CT molecular complexity index is 1500. The van der Waals surface area contributed by atoms with Crippen LogP contribution in [0.25, 0.3) is 0 Å². The number of thioether (sulfide) groups is 1. The number of likely N-dealkylation sites (tertiary alicyclic amines) is 1. The van der Waals surface area contributed by atoms with Crippen molar-refractivity contribution in [3.05, 3.63) is 95.1 Å². The molecule has 2 saturated heterocycles. The first-order valence-corrected chi connectivity index (χ1v) is 14.8. The number of carbonyl (C=O) groups excluding carboxylic acids is 3. The molecule has 0 saturated carbocycles. The maximum atomic E-state index is 13.8. The fourth-order valence-corrected chi connectivity index (χ4v) is 7.01. The number of hydrogen-bond acceptors (Lipinski definition) is 7. The number of carbonyl (C=O) groups is 3. The zero-order chi connectivity index (χ0) is 30.2. The SMILES string of the molecule is Cc1c(O)cccc1C(=O)N[C@@H](Cc1ccccc1)[C@H](O)C(=O)N1CSC2(C)[C@H]1C(=O)N2Cc1cccc(N(C)C)c1. The van der Waals surface area contributed by atoms with Crippen LogP contribution < -0.4 is 10.2 Å². The highest BCUT2D eigenvalue weighted by molar-refractivity contribution is 8.01. The molecular formula is C32H36N4O5S. The standard InChI is InChI=1S/C32H36N4O5S/c1-20-24(14-9-15-26(20)37)29(39)33-25(17-21-10-6-5-7-11-21)27(38)30(40)35-19-42-32(2)28(35)31(41)36(32)18-22-12-8-13-23(16-22)34(3)4/h5-16,25,27-28,37-38H,17-19H2,1-4H3,(H,33,39)/t25-,27-,28+,32?/m0/s1. The van der Waals surface area contributed by atoms with E-state index in [0.717, 1.165) is 16.8 Å². The van der Waals surface area contributed by atoms with E-state index in [-0.39, 0.29) is 29.5 Å². The number of aromatic hydroxyl groups is 1. The van der Waals surface area contributed by atoms with Crippen LogP contribution >= 0.6 is 11.8 Å². The van der Waals surface area contributed by atoms with Gasteiger partial charge in [-0.2, -0.15) is 0 Å². The van der Waals surface area contributed by atoms with Gasteiger partial charge in [-0.3, -0.25) is 14.4 Å². The summed E-state index contributed by atoms with van der Waals surface area (Å²) in [6, 6.07) is 20.2. The minimum atomic E-state index is -1.59. The third-order valence-corrected chi connectivity index (χ3v) is 9.64. The number of nitrogens with zero attached hydrogens (tertiary/aromatic N) is 3. The normalized spacial score (nSPS) is 20.9. The third kappa shape index (κ3) is 5.44. The predicted molar refractivity (Wildman–Crippen MR) is 163 cm³/mol. The molecule has 4 atom stereocenters. The molecule has 0 aliphatic carbocycles. The number of phenols is 1. The number of nitrogens with one attached hydrogen (secondary N) is 1. The van der Waals surface area contributed by atoms with Crippen molar-refractivity contribution >= 4 is 35.2 Å². The fourth-order valence-electron chi connectivity index (χ4n) is 5.64. The second-order valence-electron chi connectivity index (χ2n) is 11.2. The molecule has 1 unspecified atom stereocenters. The van der Waals surface area contributed by atoms with Crippen molar-refractivity contribution in [2.75, 3.05) is 24.9 Å². The smallest absolute Gasteiger partial charge is 0.255 e. The van der Waals surface area contributed by atoms with E-state index in [1.54, 1.807) is 24.0 Å². The van der Waals surface area contributed by atoms with Crippen LogP contribution in [-0.4, -0.2) is 80.8 Å². The highest BCUT2D eigenvalue weighted by Gasteiger charge is 2.65. The van der Waals surface area contributed by atoms with E-state index in [4.69, 9.17) is 0 Å². The molecule has 2 heterocycles. The molecule has 42 heavy (non-hydrogen) atoms. The molecule has 3 amide bonds. The molecule has 3 aromatic rings. The summed E-state index contributed by atoms with van der Waals surface area (Å²) >= 11 is 1.49. The van der Waals surface area contributed by atoms with Crippen LogP contribution in [0.4, 0.5) is 5.69 Å². The lowest BCUT2D eigenvalue weighted by Gasteiger charge is -2.52. The lowest BCUT2D eigenvalue weighted by Crippen LogP contribution is -2.73. The van der Waals surface area contributed by atoms with Gasteiger partial charge in [0.1, 0.15) is 16.7 Å². The first kappa shape index (κ1) is 29.5. The number of β-lactam (4-membered cyclic amide) rings is 1. The van der Waals surface area contributed by atoms with Crippen LogP contribution in [0.15, 0.2) is 72.8 Å². The molecule has 0 aromatic heterocycles. The first-order chi connectivity index (χ1) is 20.0. The lowest BCUT2D eigenvalue weighted by molar-refractivity contribution is -0.168. The van der Waals surface area contributed by atoms with Crippen LogP contribution in [0.5, 0.6) is 5.75 Å². The number of anilines is 1. The average Bonchev–Trinajstić information content (AvgIpc) is 3.30. The summed E-state index contributed by atoms with van der Waals surface area (Å²) < 4.78 is 0. The molecule has 2 fully saturated rings. The van der Waals surface area contributed by atoms with Crippen molar-refractivity contribution < 1.29 is 24.6 Å². The molecule has 0 spiro atoms. The van der Waals surface area contributed by atoms with Crippen LogP contribution in [0, 0.1) is 6.92 Å². The van der Waals surface area contributed by atoms with Gasteiger partial charge in [0.15, 0.2) is 6.10 Å². The number of aliphatic hydroxyl groups excluding tert-OH is 1. The van der Waals surface area contributed by atoms with Gasteiger partial charge in [-0.1, -0.05) is 48.5 Å². The maximum Gasteiger partial charge on any atom is 0.255 e. The van der Waals surface area contributed by atoms with E-state index in [2.05, 4.69) is 5.32 Å². The number of benzene rings is 3. The molecular weight excluding hydrogens is 552 g/mol.